The Morgan fingerprint density at radius 3 is 2.29 bits per heavy atom. The van der Waals surface area contributed by atoms with Crippen molar-refractivity contribution in [2.75, 3.05) is 0 Å². The van der Waals surface area contributed by atoms with Crippen molar-refractivity contribution in [3.8, 4) is 0 Å². The lowest BCUT2D eigenvalue weighted by Crippen LogP contribution is -2.41. The molecule has 1 aromatic rings. The molecule has 1 saturated heterocycles. The van der Waals surface area contributed by atoms with E-state index in [1.807, 2.05) is 27.7 Å². The lowest BCUT2D eigenvalue weighted by Gasteiger charge is -2.32. The molecule has 0 amide bonds. The normalized spacial score (nSPS) is 19.6. The van der Waals surface area contributed by atoms with E-state index in [4.69, 9.17) is 14.0 Å². The molecule has 114 valence electrons. The third kappa shape index (κ3) is 3.27. The molecule has 0 aromatic heterocycles. The molecule has 1 aromatic carbocycles. The third-order valence-corrected chi connectivity index (χ3v) is 4.01. The van der Waals surface area contributed by atoms with Gasteiger partial charge in [-0.25, -0.2) is 4.39 Å². The van der Waals surface area contributed by atoms with Crippen LogP contribution in [-0.4, -0.2) is 24.3 Å². The van der Waals surface area contributed by atoms with Gasteiger partial charge >= 0.3 is 13.1 Å². The van der Waals surface area contributed by atoms with Gasteiger partial charge in [0.1, 0.15) is 12.4 Å². The Morgan fingerprint density at radius 1 is 1.24 bits per heavy atom. The van der Waals surface area contributed by atoms with Crippen LogP contribution in [0.5, 0.6) is 0 Å². The second kappa shape index (κ2) is 5.42. The van der Waals surface area contributed by atoms with Crippen molar-refractivity contribution in [3.05, 3.63) is 29.6 Å². The fraction of sp³-hybridized carbons (Fsp3) is 0.533. The minimum Gasteiger partial charge on any atom is -0.461 e. The number of benzene rings is 1. The summed E-state index contributed by atoms with van der Waals surface area (Å²) in [6.07, 6.45) is 0. The van der Waals surface area contributed by atoms with E-state index in [1.165, 1.54) is 13.0 Å². The van der Waals surface area contributed by atoms with E-state index >= 15 is 0 Å². The molecule has 2 rings (SSSR count). The Hall–Kier alpha value is -1.40. The number of halogens is 1. The van der Waals surface area contributed by atoms with Crippen LogP contribution in [0.1, 0.15) is 40.2 Å². The number of carbonyl (C=O) groups is 1. The number of carbonyl (C=O) groups excluding carboxylic acids is 1. The Kier molecular flexibility index (Phi) is 4.13. The smallest absolute Gasteiger partial charge is 0.461 e. The Morgan fingerprint density at radius 2 is 1.81 bits per heavy atom. The van der Waals surface area contributed by atoms with Crippen LogP contribution >= 0.6 is 0 Å². The first-order valence-electron chi connectivity index (χ1n) is 6.90. The molecule has 1 fully saturated rings. The second-order valence-corrected chi connectivity index (χ2v) is 6.22. The molecule has 0 bridgehead atoms. The van der Waals surface area contributed by atoms with Crippen LogP contribution in [0.4, 0.5) is 4.39 Å². The molecule has 0 radical (unpaired) electrons. The minimum absolute atomic E-state index is 0.0515. The standard InChI is InChI=1S/C15H20BFO4/c1-10(18)19-9-11-6-7-12(13(17)8-11)16-20-14(2,3)15(4,5)21-16/h6-8H,9H2,1-5H3. The molecule has 21 heavy (non-hydrogen) atoms. The van der Waals surface area contributed by atoms with E-state index in [1.54, 1.807) is 12.1 Å². The summed E-state index contributed by atoms with van der Waals surface area (Å²) in [5, 5.41) is 0. The zero-order chi connectivity index (χ0) is 15.8. The van der Waals surface area contributed by atoms with E-state index in [-0.39, 0.29) is 6.61 Å². The number of rotatable bonds is 3. The maximum atomic E-state index is 14.2. The van der Waals surface area contributed by atoms with Crippen LogP contribution in [0.3, 0.4) is 0 Å². The molecule has 0 aliphatic carbocycles. The fourth-order valence-corrected chi connectivity index (χ4v) is 2.01. The van der Waals surface area contributed by atoms with E-state index in [0.29, 0.717) is 11.0 Å². The zero-order valence-corrected chi connectivity index (χ0v) is 13.0. The van der Waals surface area contributed by atoms with E-state index in [0.717, 1.165) is 0 Å². The van der Waals surface area contributed by atoms with Gasteiger partial charge in [0.25, 0.3) is 0 Å². The summed E-state index contributed by atoms with van der Waals surface area (Å²) in [6.45, 7) is 9.03. The fourth-order valence-electron chi connectivity index (χ4n) is 2.01. The van der Waals surface area contributed by atoms with Gasteiger partial charge in [0.15, 0.2) is 0 Å². The molecular formula is C15H20BFO4. The molecular weight excluding hydrogens is 274 g/mol. The highest BCUT2D eigenvalue weighted by molar-refractivity contribution is 6.62. The first kappa shape index (κ1) is 16.0. The summed E-state index contributed by atoms with van der Waals surface area (Å²) >= 11 is 0. The van der Waals surface area contributed by atoms with Gasteiger partial charge in [-0.1, -0.05) is 12.1 Å². The number of esters is 1. The lowest BCUT2D eigenvalue weighted by atomic mass is 9.78. The molecule has 0 spiro atoms. The summed E-state index contributed by atoms with van der Waals surface area (Å²) in [6, 6.07) is 4.64. The Labute approximate surface area is 124 Å². The topological polar surface area (TPSA) is 44.8 Å². The first-order valence-corrected chi connectivity index (χ1v) is 6.90. The average molecular weight is 294 g/mol. The van der Waals surface area contributed by atoms with Gasteiger partial charge < -0.3 is 14.0 Å². The second-order valence-electron chi connectivity index (χ2n) is 6.22. The van der Waals surface area contributed by atoms with Crippen molar-refractivity contribution in [3.63, 3.8) is 0 Å². The van der Waals surface area contributed by atoms with Crippen LogP contribution < -0.4 is 5.46 Å². The van der Waals surface area contributed by atoms with Gasteiger partial charge in [0.05, 0.1) is 11.2 Å². The summed E-state index contributed by atoms with van der Waals surface area (Å²) in [5.74, 6) is -0.830. The summed E-state index contributed by atoms with van der Waals surface area (Å²) < 4.78 is 30.7. The van der Waals surface area contributed by atoms with Gasteiger partial charge in [-0.2, -0.15) is 0 Å². The molecule has 1 aliphatic heterocycles. The SMILES string of the molecule is CC(=O)OCc1ccc(B2OC(C)(C)C(C)(C)O2)c(F)c1. The van der Waals surface area contributed by atoms with Crippen molar-refractivity contribution in [1.82, 2.24) is 0 Å². The number of ether oxygens (including phenoxy) is 1. The molecule has 0 N–H and O–H groups in total. The average Bonchev–Trinajstić information content (AvgIpc) is 2.55. The molecule has 1 aliphatic rings. The molecule has 0 saturated carbocycles. The number of hydrogen-bond donors (Lipinski definition) is 0. The van der Waals surface area contributed by atoms with Crippen LogP contribution in [0, 0.1) is 5.82 Å². The monoisotopic (exact) mass is 294 g/mol. The highest BCUT2D eigenvalue weighted by Gasteiger charge is 2.52. The number of hydrogen-bond acceptors (Lipinski definition) is 4. The van der Waals surface area contributed by atoms with Crippen molar-refractivity contribution in [1.29, 1.82) is 0 Å². The molecule has 6 heteroatoms. The van der Waals surface area contributed by atoms with Crippen molar-refractivity contribution in [2.24, 2.45) is 0 Å². The van der Waals surface area contributed by atoms with Crippen LogP contribution in [-0.2, 0) is 25.4 Å². The molecule has 1 heterocycles. The van der Waals surface area contributed by atoms with Gasteiger partial charge in [0.2, 0.25) is 0 Å². The minimum atomic E-state index is -0.738. The van der Waals surface area contributed by atoms with Gasteiger partial charge in [-0.3, -0.25) is 4.79 Å². The predicted molar refractivity (Wildman–Crippen MR) is 77.6 cm³/mol. The van der Waals surface area contributed by atoms with Crippen molar-refractivity contribution < 1.29 is 23.2 Å². The van der Waals surface area contributed by atoms with Crippen molar-refractivity contribution >= 4 is 18.6 Å². The van der Waals surface area contributed by atoms with Gasteiger partial charge in [-0.05, 0) is 39.3 Å². The lowest BCUT2D eigenvalue weighted by molar-refractivity contribution is -0.142. The maximum absolute atomic E-state index is 14.2. The van der Waals surface area contributed by atoms with Crippen LogP contribution in [0.2, 0.25) is 0 Å². The highest BCUT2D eigenvalue weighted by atomic mass is 19.1. The molecule has 0 atom stereocenters. The maximum Gasteiger partial charge on any atom is 0.497 e. The van der Waals surface area contributed by atoms with Crippen molar-refractivity contribution in [2.45, 2.75) is 52.4 Å². The quantitative estimate of drug-likeness (QED) is 0.633. The molecule has 0 unspecified atom stereocenters. The van der Waals surface area contributed by atoms with Gasteiger partial charge in [-0.15, -0.1) is 0 Å². The highest BCUT2D eigenvalue weighted by Crippen LogP contribution is 2.36. The van der Waals surface area contributed by atoms with Crippen LogP contribution in [0.15, 0.2) is 18.2 Å². The Balaban J connectivity index is 2.17. The first-order chi connectivity index (χ1) is 9.62. The molecule has 4 nitrogen and oxygen atoms in total. The van der Waals surface area contributed by atoms with E-state index in [2.05, 4.69) is 0 Å². The van der Waals surface area contributed by atoms with Gasteiger partial charge in [0, 0.05) is 12.4 Å². The van der Waals surface area contributed by atoms with E-state index < -0.39 is 30.1 Å². The summed E-state index contributed by atoms with van der Waals surface area (Å²) in [4.78, 5) is 10.8. The summed E-state index contributed by atoms with van der Waals surface area (Å²) in [5.41, 5.74) is -0.0932. The largest absolute Gasteiger partial charge is 0.497 e. The summed E-state index contributed by atoms with van der Waals surface area (Å²) in [7, 11) is -0.738. The third-order valence-electron chi connectivity index (χ3n) is 4.01. The Bertz CT molecular complexity index is 541. The predicted octanol–water partition coefficient (Wildman–Crippen LogP) is 2.19. The van der Waals surface area contributed by atoms with Crippen LogP contribution in [0.25, 0.3) is 0 Å². The zero-order valence-electron chi connectivity index (χ0n) is 13.0. The van der Waals surface area contributed by atoms with E-state index in [9.17, 15) is 9.18 Å².